The number of fused-ring (bicyclic) bond motifs is 20. The smallest absolute Gasteiger partial charge is 0.357 e. The fraction of sp³-hybridized carbons (Fsp3) is 0. The third kappa shape index (κ3) is 8.90. The first-order valence-electron chi connectivity index (χ1n) is 22.0. The van der Waals surface area contributed by atoms with Gasteiger partial charge in [-0.2, -0.15) is 0 Å². The molecule has 0 fully saturated rings. The molecule has 0 aliphatic carbocycles. The maximum absolute atomic E-state index is 7.97. The van der Waals surface area contributed by atoms with Crippen molar-refractivity contribution in [3.05, 3.63) is 241 Å². The molecule has 328 valence electrons. The van der Waals surface area contributed by atoms with Crippen LogP contribution in [-0.2, 0) is 19.5 Å². The minimum Gasteiger partial charge on any atom is -0.357 e. The zero-order chi connectivity index (χ0) is 45.8. The summed E-state index contributed by atoms with van der Waals surface area (Å²) in [7, 11) is 0. The number of rotatable bonds is 4. The Labute approximate surface area is 409 Å². The number of aromatic nitrogens is 8. The Morgan fingerprint density at radius 3 is 0.696 bits per heavy atom. The zero-order valence-corrected chi connectivity index (χ0v) is 38.5. The molecule has 0 unspecified atom stereocenters. The number of hydrogen-bond donors (Lipinski definition) is 2. The zero-order valence-electron chi connectivity index (χ0n) is 36.7. The van der Waals surface area contributed by atoms with Crippen molar-refractivity contribution in [2.24, 2.45) is 0 Å². The van der Waals surface area contributed by atoms with Gasteiger partial charge in [-0.25, -0.2) is 9.97 Å². The van der Waals surface area contributed by atoms with Gasteiger partial charge in [0.05, 0.1) is 34.7 Å². The molecule has 5 heterocycles. The Hall–Kier alpha value is -8.92. The van der Waals surface area contributed by atoms with Crippen LogP contribution in [0.25, 0.3) is 89.7 Å². The van der Waals surface area contributed by atoms with Crippen LogP contribution < -0.4 is 9.97 Å². The monoisotopic (exact) mass is 976 g/mol. The topological polar surface area (TPSA) is 153 Å². The third-order valence-corrected chi connectivity index (χ3v) is 11.6. The van der Waals surface area contributed by atoms with E-state index in [0.29, 0.717) is 57.3 Å². The molecule has 0 saturated carbocycles. The summed E-state index contributed by atoms with van der Waals surface area (Å²) >= 11 is 0. The van der Waals surface area contributed by atoms with Crippen LogP contribution in [0.3, 0.4) is 0 Å². The van der Waals surface area contributed by atoms with E-state index in [1.165, 1.54) is 0 Å². The van der Waals surface area contributed by atoms with Gasteiger partial charge in [0.25, 0.3) is 0 Å². The summed E-state index contributed by atoms with van der Waals surface area (Å²) in [5, 5.41) is 19.5. The van der Waals surface area contributed by atoms with Crippen LogP contribution in [0.15, 0.2) is 218 Å². The molecule has 0 amide bonds. The third-order valence-electron chi connectivity index (χ3n) is 11.6. The SMILES string of the molecule is N=C(c1ccccc1)c1ccccc1.N=C(c1ccccc1)c1ccccc1.[Ru+2].c1ccc2c(c1)-c1nc-2nc2[n-]c(nc3nc(nc4[n-]c(n1)c1ccccc41)-c1ccccc1-3)c1ccccc21. The van der Waals surface area contributed by atoms with Crippen molar-refractivity contribution in [2.45, 2.75) is 0 Å². The van der Waals surface area contributed by atoms with Crippen molar-refractivity contribution in [3.8, 4) is 45.6 Å². The van der Waals surface area contributed by atoms with Crippen LogP contribution in [0.1, 0.15) is 22.3 Å². The summed E-state index contributed by atoms with van der Waals surface area (Å²) in [6.07, 6.45) is 0. The van der Waals surface area contributed by atoms with Gasteiger partial charge in [-0.1, -0.05) is 218 Å². The van der Waals surface area contributed by atoms with Crippen LogP contribution in [0.5, 0.6) is 0 Å². The van der Waals surface area contributed by atoms with Crippen molar-refractivity contribution >= 4 is 55.6 Å². The minimum atomic E-state index is 0. The Kier molecular flexibility index (Phi) is 12.4. The van der Waals surface area contributed by atoms with Crippen molar-refractivity contribution < 1.29 is 19.5 Å². The van der Waals surface area contributed by atoms with Gasteiger partial charge in [0.2, 0.25) is 0 Å². The summed E-state index contributed by atoms with van der Waals surface area (Å²) in [6, 6.07) is 70.9. The fourth-order valence-corrected chi connectivity index (χ4v) is 8.21. The summed E-state index contributed by atoms with van der Waals surface area (Å²) in [6.45, 7) is 0. The maximum atomic E-state index is 7.97. The molecule has 69 heavy (non-hydrogen) atoms. The second kappa shape index (κ2) is 19.5. The Balaban J connectivity index is 0.000000156. The van der Waals surface area contributed by atoms with E-state index >= 15 is 0 Å². The molecule has 0 saturated heterocycles. The van der Waals surface area contributed by atoms with Crippen molar-refractivity contribution in [1.29, 1.82) is 10.8 Å². The van der Waals surface area contributed by atoms with Gasteiger partial charge in [0.15, 0.2) is 0 Å². The molecular weight excluding hydrogens is 938 g/mol. The predicted molar refractivity (Wildman–Crippen MR) is 272 cm³/mol. The van der Waals surface area contributed by atoms with Crippen LogP contribution in [-0.4, -0.2) is 41.3 Å². The summed E-state index contributed by atoms with van der Waals surface area (Å²) < 4.78 is 0. The molecule has 8 aromatic carbocycles. The predicted octanol–water partition coefficient (Wildman–Crippen LogP) is 12.3. The normalized spacial score (nSPS) is 10.9. The van der Waals surface area contributed by atoms with E-state index in [4.69, 9.17) is 50.7 Å². The molecule has 8 bridgehead atoms. The number of benzene rings is 8. The molecule has 0 radical (unpaired) electrons. The molecule has 13 rings (SSSR count). The van der Waals surface area contributed by atoms with Crippen LogP contribution in [0.4, 0.5) is 0 Å². The maximum Gasteiger partial charge on any atom is 2.00 e. The van der Waals surface area contributed by atoms with E-state index in [1.54, 1.807) is 0 Å². The van der Waals surface area contributed by atoms with Crippen LogP contribution in [0.2, 0.25) is 0 Å². The second-order valence-electron chi connectivity index (χ2n) is 15.9. The van der Waals surface area contributed by atoms with Gasteiger partial charge in [0, 0.05) is 44.8 Å². The standard InChI is InChI=1S/C32H16N8.2C13H11N.Ru/c1-2-10-18-17(9-1)25-33-26(18)38-28-21-13-5-6-14-22(21)30(35-28)40-32-24-16-8-7-15-23(24)31(36-32)39-29-20-12-4-3-11-19(20)27(34-29)37-25;2*14-13(11-7-3-1-4-8-11)12-9-5-2-6-10-12;/h1-16H;2*1-10,14H;/q-2;;;+2. The van der Waals surface area contributed by atoms with Gasteiger partial charge >= 0.3 is 19.5 Å². The number of nitrogens with zero attached hydrogens (tertiary/aromatic N) is 8. The van der Waals surface area contributed by atoms with Gasteiger partial charge in [-0.15, -0.1) is 0 Å². The largest absolute Gasteiger partial charge is 2.00 e. The van der Waals surface area contributed by atoms with E-state index in [9.17, 15) is 0 Å². The molecular formula is C58H38N10Ru. The van der Waals surface area contributed by atoms with E-state index in [1.807, 2.05) is 218 Å². The van der Waals surface area contributed by atoms with Gasteiger partial charge in [0.1, 0.15) is 0 Å². The molecule has 2 aliphatic rings. The number of nitrogens with one attached hydrogen (secondary N) is 2. The van der Waals surface area contributed by atoms with Crippen LogP contribution >= 0.6 is 0 Å². The first-order valence-corrected chi connectivity index (χ1v) is 22.0. The van der Waals surface area contributed by atoms with Crippen LogP contribution in [0, 0.1) is 10.8 Å². The molecule has 10 nitrogen and oxygen atoms in total. The summed E-state index contributed by atoms with van der Waals surface area (Å²) in [4.78, 5) is 39.3. The van der Waals surface area contributed by atoms with E-state index in [-0.39, 0.29) is 19.5 Å². The molecule has 0 atom stereocenters. The van der Waals surface area contributed by atoms with Crippen molar-refractivity contribution in [2.75, 3.05) is 0 Å². The van der Waals surface area contributed by atoms with Gasteiger partial charge in [-0.05, 0) is 43.8 Å². The first kappa shape index (κ1) is 43.9. The van der Waals surface area contributed by atoms with Crippen molar-refractivity contribution in [1.82, 2.24) is 39.9 Å². The second-order valence-corrected chi connectivity index (χ2v) is 15.9. The Bertz CT molecular complexity index is 3350. The Morgan fingerprint density at radius 1 is 0.261 bits per heavy atom. The number of hydrogen-bond acceptors (Lipinski definition) is 8. The molecule has 0 spiro atoms. The van der Waals surface area contributed by atoms with Gasteiger partial charge in [-0.3, -0.25) is 10.8 Å². The molecule has 2 N–H and O–H groups in total. The molecule has 2 aliphatic heterocycles. The summed E-state index contributed by atoms with van der Waals surface area (Å²) in [5.41, 5.74) is 10.8. The molecule has 3 aromatic heterocycles. The van der Waals surface area contributed by atoms with E-state index in [0.717, 1.165) is 66.1 Å². The quantitative estimate of drug-likeness (QED) is 0.131. The van der Waals surface area contributed by atoms with E-state index in [2.05, 4.69) is 0 Å². The molecule has 11 heteroatoms. The Morgan fingerprint density at radius 2 is 0.464 bits per heavy atom. The average Bonchev–Trinajstić information content (AvgIpc) is 4.16. The van der Waals surface area contributed by atoms with Gasteiger partial charge < -0.3 is 29.9 Å². The fourth-order valence-electron chi connectivity index (χ4n) is 8.21. The summed E-state index contributed by atoms with van der Waals surface area (Å²) in [5.74, 6) is 2.21. The van der Waals surface area contributed by atoms with Crippen molar-refractivity contribution in [3.63, 3.8) is 0 Å². The minimum absolute atomic E-state index is 0. The molecule has 11 aromatic rings. The average molecular weight is 976 g/mol. The van der Waals surface area contributed by atoms with E-state index < -0.39 is 0 Å². The first-order chi connectivity index (χ1) is 33.6.